The third-order valence-corrected chi connectivity index (χ3v) is 5.02. The fraction of sp³-hybridized carbons (Fsp3) is 0.562. The maximum absolute atomic E-state index is 12.5. The van der Waals surface area contributed by atoms with E-state index in [1.165, 1.54) is 4.31 Å². The highest BCUT2D eigenvalue weighted by Gasteiger charge is 2.35. The molecule has 6 heteroatoms. The van der Waals surface area contributed by atoms with Crippen molar-refractivity contribution in [2.75, 3.05) is 10.6 Å². The number of aryl methyl sites for hydroxylation is 2. The molecule has 1 unspecified atom stereocenters. The predicted molar refractivity (Wildman–Crippen MR) is 88.5 cm³/mol. The van der Waals surface area contributed by atoms with Gasteiger partial charge in [0.25, 0.3) is 0 Å². The van der Waals surface area contributed by atoms with Crippen molar-refractivity contribution in [3.63, 3.8) is 0 Å². The Labute approximate surface area is 132 Å². The minimum absolute atomic E-state index is 0.210. The molecule has 0 aliphatic heterocycles. The summed E-state index contributed by atoms with van der Waals surface area (Å²) in [5.74, 6) is -0.212. The number of anilines is 1. The Balaban J connectivity index is 2.44. The van der Waals surface area contributed by atoms with Crippen molar-refractivity contribution in [3.05, 3.63) is 29.3 Å². The normalized spacial score (nSPS) is 16.2. The summed E-state index contributed by atoms with van der Waals surface area (Å²) in [6.45, 7) is 5.60. The number of nitrogens with zero attached hydrogens (tertiary/aromatic N) is 1. The van der Waals surface area contributed by atoms with Crippen molar-refractivity contribution in [2.24, 2.45) is 0 Å². The first-order valence-corrected chi connectivity index (χ1v) is 9.46. The smallest absolute Gasteiger partial charge is 0.244 e. The quantitative estimate of drug-likeness (QED) is 0.871. The Morgan fingerprint density at radius 3 is 2.50 bits per heavy atom. The average molecular weight is 324 g/mol. The number of carbonyl (C=O) groups excluding carboxylic acids is 1. The lowest BCUT2D eigenvalue weighted by Gasteiger charge is -2.31. The summed E-state index contributed by atoms with van der Waals surface area (Å²) in [7, 11) is -3.56. The molecule has 0 bridgehead atoms. The van der Waals surface area contributed by atoms with Gasteiger partial charge in [-0.25, -0.2) is 8.42 Å². The average Bonchev–Trinajstić information content (AvgIpc) is 3.21. The fourth-order valence-electron chi connectivity index (χ4n) is 2.52. The molecule has 2 rings (SSSR count). The highest BCUT2D eigenvalue weighted by molar-refractivity contribution is 7.92. The van der Waals surface area contributed by atoms with Crippen LogP contribution in [0.3, 0.4) is 0 Å². The molecule has 0 radical (unpaired) electrons. The van der Waals surface area contributed by atoms with Crippen LogP contribution in [-0.4, -0.2) is 32.7 Å². The molecule has 1 amide bonds. The minimum atomic E-state index is -3.56. The molecule has 1 aliphatic carbocycles. The molecule has 22 heavy (non-hydrogen) atoms. The van der Waals surface area contributed by atoms with Gasteiger partial charge in [0, 0.05) is 6.04 Å². The first-order chi connectivity index (χ1) is 10.2. The van der Waals surface area contributed by atoms with E-state index < -0.39 is 16.1 Å². The Bertz CT molecular complexity index is 666. The maximum Gasteiger partial charge on any atom is 0.244 e. The van der Waals surface area contributed by atoms with E-state index in [0.717, 1.165) is 30.2 Å². The lowest BCUT2D eigenvalue weighted by atomic mass is 10.1. The number of hydrogen-bond donors (Lipinski definition) is 1. The second-order valence-corrected chi connectivity index (χ2v) is 7.92. The lowest BCUT2D eigenvalue weighted by molar-refractivity contribution is -0.122. The van der Waals surface area contributed by atoms with Gasteiger partial charge in [-0.2, -0.15) is 0 Å². The van der Waals surface area contributed by atoms with Gasteiger partial charge in [-0.1, -0.05) is 19.1 Å². The first kappa shape index (κ1) is 16.8. The lowest BCUT2D eigenvalue weighted by Crippen LogP contribution is -2.50. The summed E-state index contributed by atoms with van der Waals surface area (Å²) >= 11 is 0. The van der Waals surface area contributed by atoms with E-state index in [1.807, 2.05) is 39.0 Å². The van der Waals surface area contributed by atoms with Crippen LogP contribution < -0.4 is 9.62 Å². The standard InChI is InChI=1S/C16H24N2O3S/c1-5-14(16(19)17-13-8-9-13)18(22(4,20)21)15-10-11(2)6-7-12(15)3/h6-7,10,13-14H,5,8-9H2,1-4H3,(H,17,19). The minimum Gasteiger partial charge on any atom is -0.352 e. The molecule has 1 atom stereocenters. The summed E-state index contributed by atoms with van der Waals surface area (Å²) in [5.41, 5.74) is 2.39. The molecule has 1 saturated carbocycles. The summed E-state index contributed by atoms with van der Waals surface area (Å²) in [6, 6.07) is 5.14. The molecule has 1 aliphatic rings. The second-order valence-electron chi connectivity index (χ2n) is 6.06. The number of carbonyl (C=O) groups is 1. The van der Waals surface area contributed by atoms with Crippen molar-refractivity contribution < 1.29 is 13.2 Å². The number of amides is 1. The zero-order valence-corrected chi connectivity index (χ0v) is 14.4. The molecule has 0 saturated heterocycles. The van der Waals surface area contributed by atoms with Crippen molar-refractivity contribution in [2.45, 2.75) is 52.1 Å². The number of rotatable bonds is 6. The van der Waals surface area contributed by atoms with E-state index in [9.17, 15) is 13.2 Å². The van der Waals surface area contributed by atoms with Crippen LogP contribution in [0.5, 0.6) is 0 Å². The van der Waals surface area contributed by atoms with E-state index >= 15 is 0 Å². The van der Waals surface area contributed by atoms with E-state index in [0.29, 0.717) is 12.1 Å². The highest BCUT2D eigenvalue weighted by Crippen LogP contribution is 2.28. The molecule has 0 heterocycles. The molecule has 122 valence electrons. The van der Waals surface area contributed by atoms with Gasteiger partial charge in [0.15, 0.2) is 0 Å². The van der Waals surface area contributed by atoms with Crippen LogP contribution in [-0.2, 0) is 14.8 Å². The summed E-state index contributed by atoms with van der Waals surface area (Å²) < 4.78 is 26.0. The number of sulfonamides is 1. The van der Waals surface area contributed by atoms with Crippen LogP contribution >= 0.6 is 0 Å². The van der Waals surface area contributed by atoms with Crippen LogP contribution in [0, 0.1) is 13.8 Å². The van der Waals surface area contributed by atoms with Crippen LogP contribution in [0.2, 0.25) is 0 Å². The monoisotopic (exact) mass is 324 g/mol. The summed E-state index contributed by atoms with van der Waals surface area (Å²) in [6.07, 6.45) is 3.54. The molecular formula is C16H24N2O3S. The highest BCUT2D eigenvalue weighted by atomic mass is 32.2. The predicted octanol–water partition coefficient (Wildman–Crippen LogP) is 2.13. The molecule has 0 spiro atoms. The Morgan fingerprint density at radius 1 is 1.36 bits per heavy atom. The number of hydrogen-bond acceptors (Lipinski definition) is 3. The molecule has 0 aromatic heterocycles. The molecule has 5 nitrogen and oxygen atoms in total. The van der Waals surface area contributed by atoms with Crippen molar-refractivity contribution >= 4 is 21.6 Å². The van der Waals surface area contributed by atoms with E-state index in [1.54, 1.807) is 0 Å². The topological polar surface area (TPSA) is 66.5 Å². The van der Waals surface area contributed by atoms with E-state index in [4.69, 9.17) is 0 Å². The number of nitrogens with one attached hydrogen (secondary N) is 1. The van der Waals surface area contributed by atoms with E-state index in [2.05, 4.69) is 5.32 Å². The largest absolute Gasteiger partial charge is 0.352 e. The fourth-order valence-corrected chi connectivity index (χ4v) is 3.78. The Morgan fingerprint density at radius 2 is 2.00 bits per heavy atom. The molecule has 1 fully saturated rings. The molecule has 1 aromatic rings. The van der Waals surface area contributed by atoms with Gasteiger partial charge in [-0.3, -0.25) is 9.10 Å². The molecular weight excluding hydrogens is 300 g/mol. The Kier molecular flexibility index (Phi) is 4.80. The van der Waals surface area contributed by atoms with Crippen molar-refractivity contribution in [1.29, 1.82) is 0 Å². The van der Waals surface area contributed by atoms with Gasteiger partial charge in [-0.05, 0) is 50.3 Å². The zero-order valence-electron chi connectivity index (χ0n) is 13.6. The Hall–Kier alpha value is -1.56. The first-order valence-electron chi connectivity index (χ1n) is 7.61. The van der Waals surface area contributed by atoms with Crippen LogP contribution in [0.25, 0.3) is 0 Å². The van der Waals surface area contributed by atoms with Gasteiger partial charge in [-0.15, -0.1) is 0 Å². The van der Waals surface area contributed by atoms with Gasteiger partial charge in [0.05, 0.1) is 11.9 Å². The molecule has 1 N–H and O–H groups in total. The number of benzene rings is 1. The summed E-state index contributed by atoms with van der Waals surface area (Å²) in [5, 5.41) is 2.92. The third-order valence-electron chi connectivity index (χ3n) is 3.86. The summed E-state index contributed by atoms with van der Waals surface area (Å²) in [4.78, 5) is 12.5. The van der Waals surface area contributed by atoms with Crippen LogP contribution in [0.1, 0.15) is 37.3 Å². The van der Waals surface area contributed by atoms with Crippen LogP contribution in [0.15, 0.2) is 18.2 Å². The third kappa shape index (κ3) is 3.80. The van der Waals surface area contributed by atoms with Crippen LogP contribution in [0.4, 0.5) is 5.69 Å². The van der Waals surface area contributed by atoms with Gasteiger partial charge >= 0.3 is 0 Å². The van der Waals surface area contributed by atoms with Gasteiger partial charge in [0.2, 0.25) is 15.9 Å². The maximum atomic E-state index is 12.5. The SMILES string of the molecule is CCC(C(=O)NC1CC1)N(c1cc(C)ccc1C)S(C)(=O)=O. The molecule has 1 aromatic carbocycles. The van der Waals surface area contributed by atoms with Crippen molar-refractivity contribution in [3.8, 4) is 0 Å². The van der Waals surface area contributed by atoms with Gasteiger partial charge < -0.3 is 5.32 Å². The van der Waals surface area contributed by atoms with Crippen molar-refractivity contribution in [1.82, 2.24) is 5.32 Å². The van der Waals surface area contributed by atoms with E-state index in [-0.39, 0.29) is 11.9 Å². The zero-order chi connectivity index (χ0) is 16.5. The van der Waals surface area contributed by atoms with Gasteiger partial charge in [0.1, 0.15) is 6.04 Å². The second kappa shape index (κ2) is 6.28.